The molecule has 2 N–H and O–H groups in total. The van der Waals surface area contributed by atoms with Crippen molar-refractivity contribution in [2.24, 2.45) is 0 Å². The minimum absolute atomic E-state index is 0.0993. The number of nitrogens with one attached hydrogen (secondary N) is 2. The average Bonchev–Trinajstić information content (AvgIpc) is 3.19. The molecule has 1 aliphatic rings. The summed E-state index contributed by atoms with van der Waals surface area (Å²) in [4.78, 5) is 2.22. The first-order valence-corrected chi connectivity index (χ1v) is 13.0. The van der Waals surface area contributed by atoms with Crippen LogP contribution in [0, 0.1) is 0 Å². The average molecular weight is 532 g/mol. The van der Waals surface area contributed by atoms with Crippen LogP contribution >= 0.6 is 22.9 Å². The van der Waals surface area contributed by atoms with Crippen molar-refractivity contribution in [2.75, 3.05) is 31.1 Å². The Morgan fingerprint density at radius 3 is 2.56 bits per heavy atom. The Balaban J connectivity index is 1.46. The molecule has 0 amide bonds. The standard InChI is InChI=1S/C22H21ClF3N3O3S2/c23-19-13-20(34(30,31)28-14-15-3-1-4-16(11-15)22(24,25)26)33-21(19)32-18-6-2-5-17(12-18)29-9-7-27-8-10-29/h1-6,11-13,27-28H,7-10,14H2. The lowest BCUT2D eigenvalue weighted by Crippen LogP contribution is -2.43. The van der Waals surface area contributed by atoms with Gasteiger partial charge >= 0.3 is 6.18 Å². The van der Waals surface area contributed by atoms with E-state index in [1.54, 1.807) is 6.07 Å². The summed E-state index contributed by atoms with van der Waals surface area (Å²) in [5.74, 6) is 0.514. The zero-order chi connectivity index (χ0) is 24.3. The van der Waals surface area contributed by atoms with Gasteiger partial charge in [-0.05, 0) is 29.8 Å². The number of hydrogen-bond acceptors (Lipinski definition) is 6. The van der Waals surface area contributed by atoms with E-state index in [0.717, 1.165) is 55.3 Å². The molecule has 0 bridgehead atoms. The van der Waals surface area contributed by atoms with Crippen LogP contribution in [0.4, 0.5) is 18.9 Å². The molecule has 2 heterocycles. The molecular formula is C22H21ClF3N3O3S2. The van der Waals surface area contributed by atoms with Crippen molar-refractivity contribution in [1.29, 1.82) is 0 Å². The molecule has 0 saturated carbocycles. The first-order valence-electron chi connectivity index (χ1n) is 10.3. The van der Waals surface area contributed by atoms with Crippen LogP contribution in [-0.2, 0) is 22.7 Å². The second kappa shape index (κ2) is 10.1. The van der Waals surface area contributed by atoms with Gasteiger partial charge in [0.1, 0.15) is 9.96 Å². The Bertz CT molecular complexity index is 1260. The molecule has 182 valence electrons. The maximum atomic E-state index is 12.9. The Kier molecular flexibility index (Phi) is 7.39. The highest BCUT2D eigenvalue weighted by molar-refractivity contribution is 7.91. The number of ether oxygens (including phenoxy) is 1. The normalized spacial score (nSPS) is 14.9. The lowest BCUT2D eigenvalue weighted by atomic mass is 10.1. The summed E-state index contributed by atoms with van der Waals surface area (Å²) in [6, 6.07) is 13.2. The third-order valence-corrected chi connectivity index (χ3v) is 8.41. The van der Waals surface area contributed by atoms with E-state index in [-0.39, 0.29) is 26.4 Å². The fourth-order valence-corrected chi connectivity index (χ4v) is 6.08. The molecule has 2 aromatic carbocycles. The summed E-state index contributed by atoms with van der Waals surface area (Å²) in [7, 11) is -4.02. The molecular weight excluding hydrogens is 511 g/mol. The number of piperazine rings is 1. The number of alkyl halides is 3. The number of benzene rings is 2. The molecule has 34 heavy (non-hydrogen) atoms. The minimum atomic E-state index is -4.51. The van der Waals surface area contributed by atoms with Crippen molar-refractivity contribution >= 4 is 38.6 Å². The predicted octanol–water partition coefficient (Wildman–Crippen LogP) is 5.10. The van der Waals surface area contributed by atoms with E-state index in [1.165, 1.54) is 18.2 Å². The van der Waals surface area contributed by atoms with Gasteiger partial charge < -0.3 is 15.0 Å². The second-order valence-corrected chi connectivity index (χ2v) is 11.0. The van der Waals surface area contributed by atoms with Crippen molar-refractivity contribution in [3.05, 3.63) is 70.7 Å². The Morgan fingerprint density at radius 2 is 1.82 bits per heavy atom. The van der Waals surface area contributed by atoms with Crippen molar-refractivity contribution in [2.45, 2.75) is 16.9 Å². The number of rotatable bonds is 7. The Morgan fingerprint density at radius 1 is 1.09 bits per heavy atom. The van der Waals surface area contributed by atoms with Crippen LogP contribution in [-0.4, -0.2) is 34.6 Å². The summed E-state index contributed by atoms with van der Waals surface area (Å²) < 4.78 is 72.2. The maximum Gasteiger partial charge on any atom is 0.416 e. The fraction of sp³-hybridized carbons (Fsp3) is 0.273. The van der Waals surface area contributed by atoms with Crippen LogP contribution in [0.15, 0.2) is 58.8 Å². The zero-order valence-corrected chi connectivity index (χ0v) is 20.1. The topological polar surface area (TPSA) is 70.7 Å². The van der Waals surface area contributed by atoms with Crippen molar-refractivity contribution in [3.8, 4) is 10.8 Å². The van der Waals surface area contributed by atoms with E-state index in [9.17, 15) is 21.6 Å². The highest BCUT2D eigenvalue weighted by atomic mass is 35.5. The zero-order valence-electron chi connectivity index (χ0n) is 17.7. The van der Waals surface area contributed by atoms with Gasteiger partial charge in [0.15, 0.2) is 0 Å². The number of sulfonamides is 1. The van der Waals surface area contributed by atoms with Crippen molar-refractivity contribution < 1.29 is 26.3 Å². The largest absolute Gasteiger partial charge is 0.445 e. The second-order valence-electron chi connectivity index (χ2n) is 7.56. The van der Waals surface area contributed by atoms with E-state index >= 15 is 0 Å². The molecule has 4 rings (SSSR count). The van der Waals surface area contributed by atoms with Crippen LogP contribution in [0.2, 0.25) is 5.02 Å². The molecule has 0 aliphatic carbocycles. The molecule has 1 fully saturated rings. The molecule has 1 aromatic heterocycles. The van der Waals surface area contributed by atoms with Gasteiger partial charge in [-0.15, -0.1) is 0 Å². The van der Waals surface area contributed by atoms with Gasteiger partial charge in [-0.3, -0.25) is 0 Å². The quantitative estimate of drug-likeness (QED) is 0.444. The number of anilines is 1. The van der Waals surface area contributed by atoms with Gasteiger partial charge in [0.25, 0.3) is 10.0 Å². The third kappa shape index (κ3) is 6.02. The highest BCUT2D eigenvalue weighted by Gasteiger charge is 2.30. The van der Waals surface area contributed by atoms with Crippen LogP contribution < -0.4 is 19.7 Å². The van der Waals surface area contributed by atoms with Crippen LogP contribution in [0.25, 0.3) is 0 Å². The van der Waals surface area contributed by atoms with Gasteiger partial charge in [0.05, 0.1) is 10.6 Å². The number of thiophene rings is 1. The molecule has 0 unspecified atom stereocenters. The van der Waals surface area contributed by atoms with E-state index in [1.807, 2.05) is 18.2 Å². The third-order valence-electron chi connectivity index (χ3n) is 5.13. The van der Waals surface area contributed by atoms with Crippen molar-refractivity contribution in [3.63, 3.8) is 0 Å². The smallest absolute Gasteiger partial charge is 0.416 e. The maximum absolute atomic E-state index is 12.9. The molecule has 0 atom stereocenters. The first kappa shape index (κ1) is 24.8. The molecule has 1 saturated heterocycles. The first-order chi connectivity index (χ1) is 16.1. The van der Waals surface area contributed by atoms with E-state index in [0.29, 0.717) is 5.75 Å². The van der Waals surface area contributed by atoms with Gasteiger partial charge in [-0.2, -0.15) is 13.2 Å². The molecule has 6 nitrogen and oxygen atoms in total. The van der Waals surface area contributed by atoms with Gasteiger partial charge in [-0.1, -0.05) is 47.2 Å². The summed E-state index contributed by atoms with van der Waals surface area (Å²) in [5.41, 5.74) is 0.326. The summed E-state index contributed by atoms with van der Waals surface area (Å²) in [5, 5.41) is 3.62. The van der Waals surface area contributed by atoms with Gasteiger partial charge in [0.2, 0.25) is 5.06 Å². The van der Waals surface area contributed by atoms with Gasteiger partial charge in [0, 0.05) is 44.5 Å². The van der Waals surface area contributed by atoms with Gasteiger partial charge in [-0.25, -0.2) is 13.1 Å². The van der Waals surface area contributed by atoms with Crippen LogP contribution in [0.5, 0.6) is 10.8 Å². The van der Waals surface area contributed by atoms with E-state index in [4.69, 9.17) is 16.3 Å². The highest BCUT2D eigenvalue weighted by Crippen LogP contribution is 2.40. The Labute approximate surface area is 204 Å². The number of hydrogen-bond donors (Lipinski definition) is 2. The lowest BCUT2D eigenvalue weighted by Gasteiger charge is -2.29. The summed E-state index contributed by atoms with van der Waals surface area (Å²) in [6.45, 7) is 3.20. The summed E-state index contributed by atoms with van der Waals surface area (Å²) >= 11 is 7.06. The minimum Gasteiger partial charge on any atom is -0.445 e. The monoisotopic (exact) mass is 531 g/mol. The molecule has 1 aliphatic heterocycles. The number of halogens is 4. The lowest BCUT2D eigenvalue weighted by molar-refractivity contribution is -0.137. The van der Waals surface area contributed by atoms with Crippen LogP contribution in [0.3, 0.4) is 0 Å². The molecule has 3 aromatic rings. The molecule has 0 radical (unpaired) electrons. The van der Waals surface area contributed by atoms with E-state index in [2.05, 4.69) is 14.9 Å². The molecule has 12 heteroatoms. The SMILES string of the molecule is O=S(=O)(NCc1cccc(C(F)(F)F)c1)c1cc(Cl)c(Oc2cccc(N3CCNCC3)c2)s1. The fourth-order valence-electron chi connectivity index (χ4n) is 3.41. The predicted molar refractivity (Wildman–Crippen MR) is 126 cm³/mol. The Hall–Kier alpha value is -2.31. The van der Waals surface area contributed by atoms with E-state index < -0.39 is 21.8 Å². The number of nitrogens with zero attached hydrogens (tertiary/aromatic N) is 1. The van der Waals surface area contributed by atoms with Crippen molar-refractivity contribution in [1.82, 2.24) is 10.0 Å². The molecule has 0 spiro atoms. The van der Waals surface area contributed by atoms with Crippen LogP contribution in [0.1, 0.15) is 11.1 Å². The summed E-state index contributed by atoms with van der Waals surface area (Å²) in [6.07, 6.45) is -4.51.